The summed E-state index contributed by atoms with van der Waals surface area (Å²) in [7, 11) is 1.72. The maximum absolute atomic E-state index is 12.5. The smallest absolute Gasteiger partial charge is 0.338 e. The number of amides is 2. The number of carbonyl (C=O) groups excluding carboxylic acids is 3. The number of anilines is 1. The van der Waals surface area contributed by atoms with Crippen molar-refractivity contribution in [2.75, 3.05) is 11.1 Å². The van der Waals surface area contributed by atoms with E-state index in [1.54, 1.807) is 37.6 Å². The number of halogens is 3. The number of ether oxygens (including phenoxy) is 1. The maximum atomic E-state index is 12.5. The third-order valence-electron chi connectivity index (χ3n) is 4.67. The molecular formula is C23H22Cl3N5O4S. The number of rotatable bonds is 9. The quantitative estimate of drug-likeness (QED) is 0.275. The molecule has 190 valence electrons. The van der Waals surface area contributed by atoms with Gasteiger partial charge in [-0.3, -0.25) is 9.59 Å². The summed E-state index contributed by atoms with van der Waals surface area (Å²) in [4.78, 5) is 37.0. The molecule has 2 aromatic carbocycles. The van der Waals surface area contributed by atoms with Gasteiger partial charge in [-0.2, -0.15) is 0 Å². The number of thioether (sulfide) groups is 1. The zero-order valence-electron chi connectivity index (χ0n) is 19.5. The molecule has 1 aromatic heterocycles. The average Bonchev–Trinajstić information content (AvgIpc) is 3.18. The Kier molecular flexibility index (Phi) is 9.61. The van der Waals surface area contributed by atoms with Gasteiger partial charge in [-0.25, -0.2) is 4.79 Å². The Labute approximate surface area is 226 Å². The minimum absolute atomic E-state index is 0.0125. The van der Waals surface area contributed by atoms with Gasteiger partial charge in [-0.1, -0.05) is 46.6 Å². The van der Waals surface area contributed by atoms with Crippen LogP contribution in [0.4, 0.5) is 5.69 Å². The van der Waals surface area contributed by atoms with Gasteiger partial charge >= 0.3 is 5.97 Å². The highest BCUT2D eigenvalue weighted by Crippen LogP contribution is 2.25. The lowest BCUT2D eigenvalue weighted by Crippen LogP contribution is -2.24. The Bertz CT molecular complexity index is 1300. The van der Waals surface area contributed by atoms with Crippen molar-refractivity contribution in [3.63, 3.8) is 0 Å². The molecule has 0 radical (unpaired) electrons. The van der Waals surface area contributed by atoms with Gasteiger partial charge in [-0.05, 0) is 50.2 Å². The number of benzene rings is 2. The number of aromatic nitrogens is 3. The topological polar surface area (TPSA) is 115 Å². The van der Waals surface area contributed by atoms with Crippen LogP contribution < -0.4 is 10.6 Å². The molecule has 0 bridgehead atoms. The number of hydrogen-bond acceptors (Lipinski definition) is 7. The van der Waals surface area contributed by atoms with Gasteiger partial charge < -0.3 is 19.9 Å². The van der Waals surface area contributed by atoms with Gasteiger partial charge in [0.25, 0.3) is 5.91 Å². The number of nitrogens with one attached hydrogen (secondary N) is 2. The monoisotopic (exact) mass is 569 g/mol. The lowest BCUT2D eigenvalue weighted by molar-refractivity contribution is -0.113. The molecule has 1 heterocycles. The third-order valence-corrected chi connectivity index (χ3v) is 6.75. The maximum Gasteiger partial charge on any atom is 0.338 e. The number of nitrogens with zero attached hydrogens (tertiary/aromatic N) is 3. The Morgan fingerprint density at radius 1 is 1.00 bits per heavy atom. The molecule has 0 aliphatic heterocycles. The molecule has 0 fully saturated rings. The first-order chi connectivity index (χ1) is 17.0. The molecule has 9 nitrogen and oxygen atoms in total. The fourth-order valence-corrected chi connectivity index (χ4v) is 4.06. The van der Waals surface area contributed by atoms with Gasteiger partial charge in [0.2, 0.25) is 5.91 Å². The summed E-state index contributed by atoms with van der Waals surface area (Å²) in [6, 6.07) is 9.09. The fourth-order valence-electron chi connectivity index (χ4n) is 2.87. The largest absolute Gasteiger partial charge is 0.459 e. The normalized spacial score (nSPS) is 10.9. The molecule has 3 aromatic rings. The van der Waals surface area contributed by atoms with Gasteiger partial charge in [0.1, 0.15) is 0 Å². The van der Waals surface area contributed by atoms with Crippen LogP contribution in [0, 0.1) is 0 Å². The van der Waals surface area contributed by atoms with E-state index in [4.69, 9.17) is 39.5 Å². The molecule has 2 amide bonds. The summed E-state index contributed by atoms with van der Waals surface area (Å²) in [5.74, 6) is -0.705. The second kappa shape index (κ2) is 12.4. The van der Waals surface area contributed by atoms with E-state index in [0.717, 1.165) is 11.8 Å². The van der Waals surface area contributed by atoms with E-state index < -0.39 is 5.97 Å². The molecule has 36 heavy (non-hydrogen) atoms. The van der Waals surface area contributed by atoms with Crippen molar-refractivity contribution >= 4 is 70.0 Å². The zero-order chi connectivity index (χ0) is 26.4. The Morgan fingerprint density at radius 3 is 2.39 bits per heavy atom. The van der Waals surface area contributed by atoms with Gasteiger partial charge in [0.15, 0.2) is 11.0 Å². The predicted molar refractivity (Wildman–Crippen MR) is 140 cm³/mol. The molecule has 13 heteroatoms. The van der Waals surface area contributed by atoms with Crippen LogP contribution in [0.3, 0.4) is 0 Å². The lowest BCUT2D eigenvalue weighted by Gasteiger charge is -2.11. The van der Waals surface area contributed by atoms with Crippen LogP contribution in [-0.2, 0) is 23.1 Å². The standard InChI is InChI=1S/C23H22Cl3N5O4S/c1-12(2)35-22(34)14-5-7-16(25)18(9-14)28-20(32)11-36-23-30-29-19(31(23)3)10-27-21(33)13-4-6-15(24)17(26)8-13/h4-9,12H,10-11H2,1-3H3,(H,27,33)(H,28,32). The van der Waals surface area contributed by atoms with Gasteiger partial charge in [0, 0.05) is 12.6 Å². The van der Waals surface area contributed by atoms with E-state index in [1.165, 1.54) is 24.3 Å². The minimum atomic E-state index is -0.510. The summed E-state index contributed by atoms with van der Waals surface area (Å²) in [5, 5.41) is 15.0. The van der Waals surface area contributed by atoms with Crippen LogP contribution in [0.15, 0.2) is 41.6 Å². The average molecular weight is 571 g/mol. The highest BCUT2D eigenvalue weighted by atomic mass is 35.5. The van der Waals surface area contributed by atoms with Crippen molar-refractivity contribution in [2.45, 2.75) is 31.7 Å². The molecule has 0 unspecified atom stereocenters. The fraction of sp³-hybridized carbons (Fsp3) is 0.261. The highest BCUT2D eigenvalue weighted by molar-refractivity contribution is 7.99. The van der Waals surface area contributed by atoms with Crippen LogP contribution >= 0.6 is 46.6 Å². The number of esters is 1. The summed E-state index contributed by atoms with van der Waals surface area (Å²) < 4.78 is 6.84. The Balaban J connectivity index is 1.56. The molecule has 0 saturated carbocycles. The first-order valence-corrected chi connectivity index (χ1v) is 12.7. The molecule has 0 aliphatic carbocycles. The van der Waals surface area contributed by atoms with E-state index in [9.17, 15) is 14.4 Å². The van der Waals surface area contributed by atoms with E-state index in [0.29, 0.717) is 27.3 Å². The van der Waals surface area contributed by atoms with Crippen molar-refractivity contribution < 1.29 is 19.1 Å². The zero-order valence-corrected chi connectivity index (χ0v) is 22.6. The second-order valence-corrected chi connectivity index (χ2v) is 9.92. The van der Waals surface area contributed by atoms with Crippen molar-refractivity contribution in [1.82, 2.24) is 20.1 Å². The molecule has 3 rings (SSSR count). The van der Waals surface area contributed by atoms with Crippen LogP contribution in [0.1, 0.15) is 40.4 Å². The summed E-state index contributed by atoms with van der Waals surface area (Å²) in [6.07, 6.45) is -0.275. The predicted octanol–water partition coefficient (Wildman–Crippen LogP) is 5.00. The van der Waals surface area contributed by atoms with Crippen molar-refractivity contribution in [2.24, 2.45) is 7.05 Å². The first kappa shape index (κ1) is 27.8. The summed E-state index contributed by atoms with van der Waals surface area (Å²) >= 11 is 19.2. The number of carbonyl (C=O) groups is 3. The van der Waals surface area contributed by atoms with Crippen molar-refractivity contribution in [3.8, 4) is 0 Å². The molecule has 0 aliphatic rings. The summed E-state index contributed by atoms with van der Waals surface area (Å²) in [5.41, 5.74) is 0.930. The van der Waals surface area contributed by atoms with E-state index in [2.05, 4.69) is 20.8 Å². The molecule has 2 N–H and O–H groups in total. The van der Waals surface area contributed by atoms with Gasteiger partial charge in [-0.15, -0.1) is 10.2 Å². The SMILES string of the molecule is CC(C)OC(=O)c1ccc(Cl)c(NC(=O)CSc2nnc(CNC(=O)c3ccc(Cl)c(Cl)c3)n2C)c1. The van der Waals surface area contributed by atoms with Crippen LogP contribution in [0.5, 0.6) is 0 Å². The van der Waals surface area contributed by atoms with Crippen molar-refractivity contribution in [1.29, 1.82) is 0 Å². The third kappa shape index (κ3) is 7.36. The molecule has 0 atom stereocenters. The van der Waals surface area contributed by atoms with Crippen LogP contribution in [0.2, 0.25) is 15.1 Å². The first-order valence-electron chi connectivity index (χ1n) is 10.6. The van der Waals surface area contributed by atoms with E-state index in [1.807, 2.05) is 0 Å². The Hall–Kier alpha value is -2.79. The van der Waals surface area contributed by atoms with Crippen molar-refractivity contribution in [3.05, 3.63) is 68.4 Å². The minimum Gasteiger partial charge on any atom is -0.459 e. The van der Waals surface area contributed by atoms with Crippen LogP contribution in [-0.4, -0.2) is 44.4 Å². The number of hydrogen-bond donors (Lipinski definition) is 2. The van der Waals surface area contributed by atoms with E-state index in [-0.39, 0.29) is 45.8 Å². The molecule has 0 spiro atoms. The molecular weight excluding hydrogens is 549 g/mol. The lowest BCUT2D eigenvalue weighted by atomic mass is 10.2. The van der Waals surface area contributed by atoms with Gasteiger partial charge in [0.05, 0.1) is 44.7 Å². The second-order valence-electron chi connectivity index (χ2n) is 7.75. The van der Waals surface area contributed by atoms with E-state index >= 15 is 0 Å². The van der Waals surface area contributed by atoms with Crippen LogP contribution in [0.25, 0.3) is 0 Å². The Morgan fingerprint density at radius 2 is 1.69 bits per heavy atom. The summed E-state index contributed by atoms with van der Waals surface area (Å²) in [6.45, 7) is 3.61. The molecule has 0 saturated heterocycles. The highest BCUT2D eigenvalue weighted by Gasteiger charge is 2.16.